The fourth-order valence-electron chi connectivity index (χ4n) is 3.48. The Labute approximate surface area is 159 Å². The monoisotopic (exact) mass is 384 g/mol. The molecule has 3 aromatic rings. The van der Waals surface area contributed by atoms with Gasteiger partial charge in [0.15, 0.2) is 6.23 Å². The molecule has 5 unspecified atom stereocenters. The van der Waals surface area contributed by atoms with E-state index in [9.17, 15) is 19.7 Å². The Bertz CT molecular complexity index is 1080. The van der Waals surface area contributed by atoms with Gasteiger partial charge in [-0.1, -0.05) is 6.07 Å². The van der Waals surface area contributed by atoms with Crippen molar-refractivity contribution < 1.29 is 24.4 Å². The number of benzene rings is 1. The van der Waals surface area contributed by atoms with Gasteiger partial charge in [0.05, 0.1) is 11.3 Å². The van der Waals surface area contributed by atoms with Crippen LogP contribution in [0.25, 0.3) is 11.0 Å². The lowest BCUT2D eigenvalue weighted by Crippen LogP contribution is -2.34. The number of aliphatic hydroxyl groups is 3. The van der Waals surface area contributed by atoms with Crippen molar-refractivity contribution in [1.29, 1.82) is 5.26 Å². The predicted octanol–water partition coefficient (Wildman–Crippen LogP) is 1.10. The largest absolute Gasteiger partial charge is 0.387 e. The van der Waals surface area contributed by atoms with Crippen molar-refractivity contribution in [3.63, 3.8) is 0 Å². The average molecular weight is 384 g/mol. The van der Waals surface area contributed by atoms with Crippen LogP contribution >= 0.6 is 0 Å². The van der Waals surface area contributed by atoms with Crippen LogP contribution in [-0.4, -0.2) is 48.2 Å². The van der Waals surface area contributed by atoms with E-state index in [0.29, 0.717) is 5.65 Å². The molecule has 1 aromatic carbocycles. The highest BCUT2D eigenvalue weighted by Gasteiger charge is 2.47. The zero-order valence-electron chi connectivity index (χ0n) is 14.8. The van der Waals surface area contributed by atoms with Crippen molar-refractivity contribution >= 4 is 11.0 Å². The van der Waals surface area contributed by atoms with Crippen LogP contribution in [0, 0.1) is 24.1 Å². The van der Waals surface area contributed by atoms with E-state index >= 15 is 0 Å². The van der Waals surface area contributed by atoms with Crippen molar-refractivity contribution in [2.24, 2.45) is 0 Å². The molecule has 144 valence electrons. The van der Waals surface area contributed by atoms with Gasteiger partial charge in [-0.3, -0.25) is 0 Å². The Kier molecular flexibility index (Phi) is 4.56. The van der Waals surface area contributed by atoms with Gasteiger partial charge in [-0.15, -0.1) is 0 Å². The maximum atomic E-state index is 13.5. The predicted molar refractivity (Wildman–Crippen MR) is 94.3 cm³/mol. The third-order valence-electron chi connectivity index (χ3n) is 5.02. The molecule has 8 nitrogen and oxygen atoms in total. The van der Waals surface area contributed by atoms with Crippen LogP contribution in [0.15, 0.2) is 36.8 Å². The van der Waals surface area contributed by atoms with Crippen LogP contribution in [0.3, 0.4) is 0 Å². The lowest BCUT2D eigenvalue weighted by Gasteiger charge is -2.21. The molecule has 3 heterocycles. The Morgan fingerprint density at radius 1 is 1.25 bits per heavy atom. The minimum absolute atomic E-state index is 0.199. The maximum Gasteiger partial charge on any atom is 0.164 e. The molecule has 0 amide bonds. The SMILES string of the molecule is Cc1ncnc2c1ccn2C1OC(C(O)c2ccc(F)c(C#N)c2)C(O)C1O. The number of aliphatic hydroxyl groups excluding tert-OH is 3. The Balaban J connectivity index is 1.66. The van der Waals surface area contributed by atoms with Gasteiger partial charge in [0.25, 0.3) is 0 Å². The highest BCUT2D eigenvalue weighted by molar-refractivity contribution is 5.78. The third kappa shape index (κ3) is 2.83. The molecular formula is C19H17FN4O4. The normalized spacial score (nSPS) is 25.7. The van der Waals surface area contributed by atoms with Crippen LogP contribution in [0.5, 0.6) is 0 Å². The van der Waals surface area contributed by atoms with Crippen molar-refractivity contribution in [3.05, 3.63) is 59.4 Å². The Morgan fingerprint density at radius 3 is 2.79 bits per heavy atom. The average Bonchev–Trinajstić information content (AvgIpc) is 3.24. The molecule has 1 aliphatic heterocycles. The van der Waals surface area contributed by atoms with Crippen LogP contribution in [0.1, 0.15) is 29.2 Å². The molecule has 0 aliphatic carbocycles. The van der Waals surface area contributed by atoms with E-state index in [2.05, 4.69) is 9.97 Å². The summed E-state index contributed by atoms with van der Waals surface area (Å²) in [4.78, 5) is 8.32. The van der Waals surface area contributed by atoms with Crippen molar-refractivity contribution in [3.8, 4) is 6.07 Å². The number of fused-ring (bicyclic) bond motifs is 1. The number of nitrogens with zero attached hydrogens (tertiary/aromatic N) is 4. The van der Waals surface area contributed by atoms with Crippen molar-refractivity contribution in [1.82, 2.24) is 14.5 Å². The summed E-state index contributed by atoms with van der Waals surface area (Å²) in [6, 6.07) is 7.03. The summed E-state index contributed by atoms with van der Waals surface area (Å²) in [7, 11) is 0. The van der Waals surface area contributed by atoms with E-state index in [1.165, 1.54) is 18.5 Å². The highest BCUT2D eigenvalue weighted by atomic mass is 19.1. The summed E-state index contributed by atoms with van der Waals surface area (Å²) in [5.41, 5.74) is 1.24. The van der Waals surface area contributed by atoms with Gasteiger partial charge >= 0.3 is 0 Å². The second-order valence-corrected chi connectivity index (χ2v) is 6.69. The number of aromatic nitrogens is 3. The van der Waals surface area contributed by atoms with Crippen LogP contribution in [0.2, 0.25) is 0 Å². The first kappa shape index (κ1) is 18.5. The first-order chi connectivity index (χ1) is 13.4. The fraction of sp³-hybridized carbons (Fsp3) is 0.316. The summed E-state index contributed by atoms with van der Waals surface area (Å²) >= 11 is 0. The molecule has 0 radical (unpaired) electrons. The third-order valence-corrected chi connectivity index (χ3v) is 5.02. The van der Waals surface area contributed by atoms with Gasteiger partial charge in [-0.2, -0.15) is 5.26 Å². The lowest BCUT2D eigenvalue weighted by molar-refractivity contribution is -0.0848. The number of hydrogen-bond acceptors (Lipinski definition) is 7. The summed E-state index contributed by atoms with van der Waals surface area (Å²) in [6.45, 7) is 1.82. The molecule has 0 saturated carbocycles. The highest BCUT2D eigenvalue weighted by Crippen LogP contribution is 2.37. The number of hydrogen-bond donors (Lipinski definition) is 3. The molecule has 1 aliphatic rings. The molecule has 9 heteroatoms. The molecule has 28 heavy (non-hydrogen) atoms. The molecule has 2 aromatic heterocycles. The topological polar surface area (TPSA) is 124 Å². The number of rotatable bonds is 3. The quantitative estimate of drug-likeness (QED) is 0.618. The zero-order valence-corrected chi connectivity index (χ0v) is 14.8. The van der Waals surface area contributed by atoms with Gasteiger partial charge in [0, 0.05) is 11.6 Å². The van der Waals surface area contributed by atoms with Crippen LogP contribution in [0.4, 0.5) is 4.39 Å². The number of ether oxygens (including phenoxy) is 1. The maximum absolute atomic E-state index is 13.5. The number of nitriles is 1. The molecule has 0 spiro atoms. The van der Waals surface area contributed by atoms with E-state index in [1.54, 1.807) is 22.9 Å². The second kappa shape index (κ2) is 6.92. The van der Waals surface area contributed by atoms with E-state index in [1.807, 2.05) is 6.92 Å². The first-order valence-corrected chi connectivity index (χ1v) is 8.59. The molecule has 3 N–H and O–H groups in total. The minimum atomic E-state index is -1.41. The van der Waals surface area contributed by atoms with Crippen LogP contribution in [-0.2, 0) is 4.74 Å². The smallest absolute Gasteiger partial charge is 0.164 e. The van der Waals surface area contributed by atoms with Gasteiger partial charge in [-0.25, -0.2) is 14.4 Å². The summed E-state index contributed by atoms with van der Waals surface area (Å²) in [5, 5.41) is 41.3. The van der Waals surface area contributed by atoms with E-state index in [0.717, 1.165) is 17.1 Å². The molecular weight excluding hydrogens is 367 g/mol. The first-order valence-electron chi connectivity index (χ1n) is 8.59. The summed E-state index contributed by atoms with van der Waals surface area (Å²) in [5.74, 6) is -0.710. The Hall–Kier alpha value is -2.90. The number of aryl methyl sites for hydroxylation is 1. The lowest BCUT2D eigenvalue weighted by atomic mass is 9.98. The van der Waals surface area contributed by atoms with E-state index in [4.69, 9.17) is 10.00 Å². The van der Waals surface area contributed by atoms with Gasteiger partial charge < -0.3 is 24.6 Å². The summed E-state index contributed by atoms with van der Waals surface area (Å²) < 4.78 is 20.9. The molecule has 4 rings (SSSR count). The molecule has 0 bridgehead atoms. The molecule has 1 saturated heterocycles. The van der Waals surface area contributed by atoms with Crippen molar-refractivity contribution in [2.45, 2.75) is 37.6 Å². The standard InChI is InChI=1S/C19H17FN4O4/c1-9-12-4-5-24(18(12)23-8-22-9)19-16(27)15(26)17(28-19)14(25)10-2-3-13(20)11(6-10)7-21/h2-6,8,14-17,19,25-27H,1H3. The van der Waals surface area contributed by atoms with E-state index < -0.39 is 36.5 Å². The van der Waals surface area contributed by atoms with Gasteiger partial charge in [0.1, 0.15) is 48.3 Å². The summed E-state index contributed by atoms with van der Waals surface area (Å²) in [6.07, 6.45) is -3.24. The zero-order chi connectivity index (χ0) is 20.0. The van der Waals surface area contributed by atoms with Crippen LogP contribution < -0.4 is 0 Å². The Morgan fingerprint density at radius 2 is 2.04 bits per heavy atom. The number of halogens is 1. The minimum Gasteiger partial charge on any atom is -0.387 e. The van der Waals surface area contributed by atoms with Crippen molar-refractivity contribution in [2.75, 3.05) is 0 Å². The molecule has 5 atom stereocenters. The molecule has 1 fully saturated rings. The fourth-order valence-corrected chi connectivity index (χ4v) is 3.48. The second-order valence-electron chi connectivity index (χ2n) is 6.69. The van der Waals surface area contributed by atoms with Gasteiger partial charge in [0.2, 0.25) is 0 Å². The van der Waals surface area contributed by atoms with Gasteiger partial charge in [-0.05, 0) is 30.7 Å². The van der Waals surface area contributed by atoms with E-state index in [-0.39, 0.29) is 11.1 Å².